The molecule has 8 aromatic rings. The lowest BCUT2D eigenvalue weighted by molar-refractivity contribution is 0.0365. The van der Waals surface area contributed by atoms with Crippen LogP contribution in [-0.4, -0.2) is 46.0 Å². The van der Waals surface area contributed by atoms with Gasteiger partial charge in [-0.05, 0) is 124 Å². The fraction of sp³-hybridized carbons (Fsp3) is 0.143. The van der Waals surface area contributed by atoms with Crippen LogP contribution in [0, 0.1) is 0 Å². The Kier molecular flexibility index (Phi) is 10.2. The zero-order chi connectivity index (χ0) is 47.0. The van der Waals surface area contributed by atoms with Gasteiger partial charge in [0.15, 0.2) is 0 Å². The molecule has 0 amide bonds. The third kappa shape index (κ3) is 7.50. The zero-order valence-corrected chi connectivity index (χ0v) is 36.0. The Labute approximate surface area is 389 Å². The normalized spacial score (nSPS) is 22.5. The van der Waals surface area contributed by atoms with Crippen LogP contribution in [0.15, 0.2) is 164 Å². The summed E-state index contributed by atoms with van der Waals surface area (Å²) in [5, 5.41) is 96.8. The van der Waals surface area contributed by atoms with Gasteiger partial charge in [0.25, 0.3) is 0 Å². The van der Waals surface area contributed by atoms with E-state index in [4.69, 9.17) is 14.2 Å². The van der Waals surface area contributed by atoms with E-state index in [1.165, 1.54) is 12.1 Å². The molecule has 0 bridgehead atoms. The third-order valence-corrected chi connectivity index (χ3v) is 13.5. The highest BCUT2D eigenvalue weighted by atomic mass is 16.5. The smallest absolute Gasteiger partial charge is 0.135 e. The van der Waals surface area contributed by atoms with Gasteiger partial charge in [-0.2, -0.15) is 0 Å². The monoisotopic (exact) mass is 908 g/mol. The fourth-order valence-electron chi connectivity index (χ4n) is 10.6. The first kappa shape index (κ1) is 42.2. The summed E-state index contributed by atoms with van der Waals surface area (Å²) in [5.41, 5.74) is 6.67. The van der Waals surface area contributed by atoms with Crippen molar-refractivity contribution in [2.24, 2.45) is 0 Å². The number of benzene rings is 8. The van der Waals surface area contributed by atoms with Crippen LogP contribution in [0.1, 0.15) is 104 Å². The van der Waals surface area contributed by atoms with Gasteiger partial charge in [0.1, 0.15) is 75.5 Å². The minimum Gasteiger partial charge on any atom is -0.508 e. The molecule has 8 unspecified atom stereocenters. The van der Waals surface area contributed by atoms with Crippen molar-refractivity contribution in [2.45, 2.75) is 48.1 Å². The lowest BCUT2D eigenvalue weighted by Gasteiger charge is -2.28. The molecule has 3 aliphatic rings. The zero-order valence-electron chi connectivity index (χ0n) is 36.0. The van der Waals surface area contributed by atoms with Crippen LogP contribution in [-0.2, 0) is 4.74 Å². The Bertz CT molecular complexity index is 3150. The molecule has 12 heteroatoms. The van der Waals surface area contributed by atoms with E-state index in [1.807, 2.05) is 24.3 Å². The van der Waals surface area contributed by atoms with Crippen LogP contribution in [0.3, 0.4) is 0 Å². The maximum atomic E-state index is 12.4. The molecule has 9 N–H and O–H groups in total. The molecule has 11 rings (SSSR count). The highest BCUT2D eigenvalue weighted by Gasteiger charge is 2.50. The molecule has 1 fully saturated rings. The first-order valence-corrected chi connectivity index (χ1v) is 22.1. The van der Waals surface area contributed by atoms with E-state index in [2.05, 4.69) is 0 Å². The second-order valence-corrected chi connectivity index (χ2v) is 17.7. The highest BCUT2D eigenvalue weighted by Crippen LogP contribution is 2.63. The number of hydrogen-bond acceptors (Lipinski definition) is 12. The van der Waals surface area contributed by atoms with E-state index >= 15 is 0 Å². The van der Waals surface area contributed by atoms with E-state index < -0.39 is 48.1 Å². The van der Waals surface area contributed by atoms with Gasteiger partial charge in [0.2, 0.25) is 0 Å². The second-order valence-electron chi connectivity index (χ2n) is 17.7. The number of hydrogen-bond donors (Lipinski definition) is 9. The van der Waals surface area contributed by atoms with E-state index in [0.717, 1.165) is 22.3 Å². The number of ether oxygens (including phenoxy) is 3. The summed E-state index contributed by atoms with van der Waals surface area (Å²) in [6.45, 7) is 0. The summed E-state index contributed by atoms with van der Waals surface area (Å²) >= 11 is 0. The van der Waals surface area contributed by atoms with Gasteiger partial charge in [-0.15, -0.1) is 0 Å². The summed E-state index contributed by atoms with van der Waals surface area (Å²) in [4.78, 5) is 0. The number of phenolic OH excluding ortho intramolecular Hbond substituents is 9. The van der Waals surface area contributed by atoms with Crippen molar-refractivity contribution in [2.75, 3.05) is 0 Å². The van der Waals surface area contributed by atoms with Crippen molar-refractivity contribution in [3.8, 4) is 63.2 Å². The molecule has 3 aliphatic heterocycles. The Balaban J connectivity index is 1.12. The summed E-state index contributed by atoms with van der Waals surface area (Å²) in [5.74, 6) is -1.93. The quantitative estimate of drug-likeness (QED) is 0.0697. The van der Waals surface area contributed by atoms with Gasteiger partial charge >= 0.3 is 0 Å². The molecule has 340 valence electrons. The summed E-state index contributed by atoms with van der Waals surface area (Å²) in [6, 6.07) is 44.9. The molecule has 0 aliphatic carbocycles. The maximum absolute atomic E-state index is 12.4. The Morgan fingerprint density at radius 3 is 1.07 bits per heavy atom. The van der Waals surface area contributed by atoms with Crippen molar-refractivity contribution in [1.29, 1.82) is 0 Å². The largest absolute Gasteiger partial charge is 0.508 e. The van der Waals surface area contributed by atoms with Crippen LogP contribution < -0.4 is 9.47 Å². The van der Waals surface area contributed by atoms with Crippen molar-refractivity contribution in [1.82, 2.24) is 0 Å². The van der Waals surface area contributed by atoms with E-state index in [1.54, 1.807) is 127 Å². The molecule has 0 radical (unpaired) electrons. The van der Waals surface area contributed by atoms with Gasteiger partial charge in [-0.25, -0.2) is 0 Å². The van der Waals surface area contributed by atoms with Crippen LogP contribution in [0.25, 0.3) is 0 Å². The molecule has 1 saturated heterocycles. The average molecular weight is 909 g/mol. The van der Waals surface area contributed by atoms with Gasteiger partial charge < -0.3 is 60.2 Å². The van der Waals surface area contributed by atoms with Crippen LogP contribution in [0.4, 0.5) is 0 Å². The molecular weight excluding hydrogens is 865 g/mol. The van der Waals surface area contributed by atoms with E-state index in [-0.39, 0.29) is 51.7 Å². The standard InChI is InChI=1S/C56H44O12/c57-35-10-1-28(2-11-35)53-49(33-19-39(61)24-40(62)20-33)44-23-32(9-18-47(44)66-53)51-52(56(31-7-16-38(60)17-8-31)68-55(51)30-5-14-37(59)15-6-30)43-26-45-48(27-46(43)65)67-54(29-3-12-36(58)13-4-29)50(45)34-21-41(63)25-42(64)22-34/h1-27,49-65H. The maximum Gasteiger partial charge on any atom is 0.135 e. The lowest BCUT2D eigenvalue weighted by atomic mass is 9.73. The molecule has 8 aromatic carbocycles. The van der Waals surface area contributed by atoms with Crippen molar-refractivity contribution in [3.05, 3.63) is 219 Å². The minimum atomic E-state index is -0.755. The number of rotatable bonds is 8. The van der Waals surface area contributed by atoms with Crippen molar-refractivity contribution in [3.63, 3.8) is 0 Å². The van der Waals surface area contributed by atoms with Gasteiger partial charge in [0, 0.05) is 46.7 Å². The minimum absolute atomic E-state index is 0.0516. The summed E-state index contributed by atoms with van der Waals surface area (Å²) < 4.78 is 20.6. The molecule has 0 aromatic heterocycles. The fourth-order valence-corrected chi connectivity index (χ4v) is 10.6. The predicted molar refractivity (Wildman–Crippen MR) is 249 cm³/mol. The highest BCUT2D eigenvalue weighted by molar-refractivity contribution is 5.60. The van der Waals surface area contributed by atoms with Gasteiger partial charge in [0.05, 0.1) is 24.0 Å². The van der Waals surface area contributed by atoms with Crippen LogP contribution in [0.2, 0.25) is 0 Å². The topological polar surface area (TPSA) is 210 Å². The van der Waals surface area contributed by atoms with Crippen LogP contribution >= 0.6 is 0 Å². The molecule has 8 atom stereocenters. The van der Waals surface area contributed by atoms with Crippen molar-refractivity contribution >= 4 is 0 Å². The predicted octanol–water partition coefficient (Wildman–Crippen LogP) is 10.9. The lowest BCUT2D eigenvalue weighted by Crippen LogP contribution is -2.15. The molecule has 3 heterocycles. The second kappa shape index (κ2) is 16.4. The Morgan fingerprint density at radius 1 is 0.265 bits per heavy atom. The van der Waals surface area contributed by atoms with Crippen LogP contribution in [0.5, 0.6) is 63.2 Å². The number of phenols is 9. The Morgan fingerprint density at radius 2 is 0.632 bits per heavy atom. The average Bonchev–Trinajstić information content (AvgIpc) is 4.01. The van der Waals surface area contributed by atoms with E-state index in [0.29, 0.717) is 44.9 Å². The molecule has 0 spiro atoms. The van der Waals surface area contributed by atoms with E-state index in [9.17, 15) is 46.0 Å². The Hall–Kier alpha value is -8.48. The number of aromatic hydroxyl groups is 9. The first-order chi connectivity index (χ1) is 32.8. The van der Waals surface area contributed by atoms with Gasteiger partial charge in [-0.1, -0.05) is 60.7 Å². The summed E-state index contributed by atoms with van der Waals surface area (Å²) in [6.07, 6.45) is -2.80. The number of fused-ring (bicyclic) bond motifs is 2. The van der Waals surface area contributed by atoms with Crippen molar-refractivity contribution < 1.29 is 60.2 Å². The SMILES string of the molecule is Oc1ccc(C2Oc3ccc(C4C(c5ccc(O)cc5)OC(c5ccc(O)cc5)C4c4cc5c(cc4O)OC(c4ccc(O)cc4)C5c4cc(O)cc(O)c4)cc3C2c2cc(O)cc(O)c2)cc1. The molecular formula is C56H44O12. The summed E-state index contributed by atoms with van der Waals surface area (Å²) in [7, 11) is 0. The third-order valence-electron chi connectivity index (χ3n) is 13.5. The molecule has 0 saturated carbocycles. The van der Waals surface area contributed by atoms with Gasteiger partial charge in [-0.3, -0.25) is 0 Å². The molecule has 68 heavy (non-hydrogen) atoms. The first-order valence-electron chi connectivity index (χ1n) is 22.1. The molecule has 12 nitrogen and oxygen atoms in total.